The fourth-order valence-corrected chi connectivity index (χ4v) is 1.44. The van der Waals surface area contributed by atoms with E-state index in [4.69, 9.17) is 5.11 Å². The molecular weight excluding hydrogens is 289 g/mol. The van der Waals surface area contributed by atoms with Crippen LogP contribution in [-0.2, 0) is 4.79 Å². The number of alkyl halides is 3. The van der Waals surface area contributed by atoms with Crippen molar-refractivity contribution >= 4 is 28.0 Å². The Kier molecular flexibility index (Phi) is 3.74. The number of rotatable bonds is 2. The second-order valence-electron chi connectivity index (χ2n) is 2.92. The third-order valence-electron chi connectivity index (χ3n) is 1.70. The number of hydrogen-bond acceptors (Lipinski definition) is 1. The number of benzene rings is 1. The van der Waals surface area contributed by atoms with Gasteiger partial charge in [-0.15, -0.1) is 0 Å². The maximum absolute atomic E-state index is 12.3. The van der Waals surface area contributed by atoms with E-state index in [0.29, 0.717) is 10.5 Å². The summed E-state index contributed by atoms with van der Waals surface area (Å²) in [5.74, 6) is -1.99. The van der Waals surface area contributed by atoms with Crippen LogP contribution in [0.25, 0.3) is 6.08 Å². The molecule has 0 aliphatic heterocycles. The number of aliphatic carboxylic acids is 1. The molecule has 0 aliphatic carbocycles. The van der Waals surface area contributed by atoms with E-state index in [1.165, 1.54) is 18.2 Å². The molecule has 0 aliphatic rings. The lowest BCUT2D eigenvalue weighted by molar-refractivity contribution is -0.144. The lowest BCUT2D eigenvalue weighted by Crippen LogP contribution is -2.19. The van der Waals surface area contributed by atoms with E-state index in [-0.39, 0.29) is 5.56 Å². The highest BCUT2D eigenvalue weighted by molar-refractivity contribution is 9.10. The summed E-state index contributed by atoms with van der Waals surface area (Å²) >= 11 is 3.08. The predicted molar refractivity (Wildman–Crippen MR) is 55.8 cm³/mol. The normalized spacial score (nSPS) is 12.6. The number of hydrogen-bond donors (Lipinski definition) is 1. The number of carbonyl (C=O) groups is 1. The van der Waals surface area contributed by atoms with Crippen molar-refractivity contribution in [2.24, 2.45) is 0 Å². The lowest BCUT2D eigenvalue weighted by Gasteiger charge is -2.07. The maximum Gasteiger partial charge on any atom is 0.423 e. The second-order valence-corrected chi connectivity index (χ2v) is 3.83. The summed E-state index contributed by atoms with van der Waals surface area (Å²) in [6.45, 7) is 0. The first-order valence-corrected chi connectivity index (χ1v) is 4.88. The fourth-order valence-electron chi connectivity index (χ4n) is 1.03. The van der Waals surface area contributed by atoms with Gasteiger partial charge in [-0.25, -0.2) is 4.79 Å². The first-order chi connectivity index (χ1) is 7.30. The van der Waals surface area contributed by atoms with Gasteiger partial charge in [0.25, 0.3) is 0 Å². The second kappa shape index (κ2) is 4.69. The molecule has 0 heterocycles. The molecule has 0 aromatic heterocycles. The molecule has 0 saturated heterocycles. The van der Waals surface area contributed by atoms with Crippen LogP contribution in [-0.4, -0.2) is 17.3 Å². The van der Waals surface area contributed by atoms with Crippen LogP contribution in [0, 0.1) is 0 Å². The summed E-state index contributed by atoms with van der Waals surface area (Å²) in [5, 5.41) is 8.44. The zero-order chi connectivity index (χ0) is 12.3. The summed E-state index contributed by atoms with van der Waals surface area (Å²) in [6, 6.07) is 5.94. The minimum Gasteiger partial charge on any atom is -0.478 e. The molecule has 0 atom stereocenters. The Hall–Kier alpha value is -1.30. The van der Waals surface area contributed by atoms with Crippen molar-refractivity contribution < 1.29 is 23.1 Å². The van der Waals surface area contributed by atoms with Gasteiger partial charge in [-0.3, -0.25) is 0 Å². The average molecular weight is 295 g/mol. The van der Waals surface area contributed by atoms with Crippen LogP contribution < -0.4 is 0 Å². The minimum atomic E-state index is -4.87. The number of carboxylic acids is 1. The third-order valence-corrected chi connectivity index (χ3v) is 2.19. The first kappa shape index (κ1) is 12.8. The Morgan fingerprint density at radius 2 is 2.00 bits per heavy atom. The molecule has 0 spiro atoms. The minimum absolute atomic E-state index is 0.170. The van der Waals surface area contributed by atoms with E-state index in [1.807, 2.05) is 0 Å². The molecule has 1 aromatic rings. The Balaban J connectivity index is 3.18. The van der Waals surface area contributed by atoms with Gasteiger partial charge in [-0.05, 0) is 23.8 Å². The van der Waals surface area contributed by atoms with Crippen LogP contribution in [0.3, 0.4) is 0 Å². The Morgan fingerprint density at radius 3 is 2.44 bits per heavy atom. The highest BCUT2D eigenvalue weighted by atomic mass is 79.9. The third kappa shape index (κ3) is 3.37. The van der Waals surface area contributed by atoms with Crippen molar-refractivity contribution in [1.29, 1.82) is 0 Å². The van der Waals surface area contributed by atoms with Gasteiger partial charge in [-0.1, -0.05) is 28.1 Å². The van der Waals surface area contributed by atoms with Crippen molar-refractivity contribution in [1.82, 2.24) is 0 Å². The molecule has 16 heavy (non-hydrogen) atoms. The van der Waals surface area contributed by atoms with Gasteiger partial charge >= 0.3 is 12.1 Å². The van der Waals surface area contributed by atoms with E-state index in [0.717, 1.165) is 0 Å². The van der Waals surface area contributed by atoms with Gasteiger partial charge in [0, 0.05) is 4.47 Å². The van der Waals surface area contributed by atoms with E-state index in [2.05, 4.69) is 15.9 Å². The van der Waals surface area contributed by atoms with Gasteiger partial charge in [-0.2, -0.15) is 13.2 Å². The van der Waals surface area contributed by atoms with Crippen LogP contribution in [0.15, 0.2) is 34.3 Å². The van der Waals surface area contributed by atoms with E-state index >= 15 is 0 Å². The molecule has 0 radical (unpaired) electrons. The van der Waals surface area contributed by atoms with Crippen LogP contribution in [0.5, 0.6) is 0 Å². The van der Waals surface area contributed by atoms with Crippen molar-refractivity contribution in [3.63, 3.8) is 0 Å². The molecule has 0 bridgehead atoms. The average Bonchev–Trinajstić information content (AvgIpc) is 2.12. The molecule has 6 heteroatoms. The molecule has 0 amide bonds. The zero-order valence-electron chi connectivity index (χ0n) is 7.75. The first-order valence-electron chi connectivity index (χ1n) is 4.08. The van der Waals surface area contributed by atoms with Gasteiger partial charge in [0.15, 0.2) is 0 Å². The van der Waals surface area contributed by atoms with E-state index in [1.54, 1.807) is 6.07 Å². The largest absolute Gasteiger partial charge is 0.478 e. The van der Waals surface area contributed by atoms with Crippen molar-refractivity contribution in [2.45, 2.75) is 6.18 Å². The van der Waals surface area contributed by atoms with Crippen LogP contribution in [0.4, 0.5) is 13.2 Å². The maximum atomic E-state index is 12.3. The van der Waals surface area contributed by atoms with Crippen molar-refractivity contribution in [2.75, 3.05) is 0 Å². The smallest absolute Gasteiger partial charge is 0.423 e. The van der Waals surface area contributed by atoms with E-state index in [9.17, 15) is 18.0 Å². The molecule has 1 rings (SSSR count). The van der Waals surface area contributed by atoms with Crippen LogP contribution in [0.1, 0.15) is 5.56 Å². The Bertz CT molecular complexity index is 438. The lowest BCUT2D eigenvalue weighted by atomic mass is 10.1. The van der Waals surface area contributed by atoms with Crippen LogP contribution >= 0.6 is 15.9 Å². The monoisotopic (exact) mass is 294 g/mol. The molecule has 0 fully saturated rings. The molecule has 0 saturated carbocycles. The SMILES string of the molecule is O=C(O)/C(=C\c1cccc(Br)c1)C(F)(F)F. The Morgan fingerprint density at radius 1 is 1.38 bits per heavy atom. The molecule has 2 nitrogen and oxygen atoms in total. The van der Waals surface area contributed by atoms with Crippen LogP contribution in [0.2, 0.25) is 0 Å². The number of halogens is 4. The summed E-state index contributed by atoms with van der Waals surface area (Å²) in [4.78, 5) is 10.4. The van der Waals surface area contributed by atoms with Gasteiger partial charge in [0.05, 0.1) is 0 Å². The van der Waals surface area contributed by atoms with Crippen molar-refractivity contribution in [3.8, 4) is 0 Å². The summed E-state index contributed by atoms with van der Waals surface area (Å²) in [6.07, 6.45) is -4.28. The highest BCUT2D eigenvalue weighted by Gasteiger charge is 2.38. The number of carboxylic acid groups (broad SMARTS) is 1. The Labute approximate surface area is 97.5 Å². The van der Waals surface area contributed by atoms with Crippen molar-refractivity contribution in [3.05, 3.63) is 39.9 Å². The molecule has 1 aromatic carbocycles. The predicted octanol–water partition coefficient (Wildman–Crippen LogP) is 3.48. The summed E-state index contributed by atoms with van der Waals surface area (Å²) in [5.41, 5.74) is -1.42. The topological polar surface area (TPSA) is 37.3 Å². The van der Waals surface area contributed by atoms with Gasteiger partial charge < -0.3 is 5.11 Å². The summed E-state index contributed by atoms with van der Waals surface area (Å²) < 4.78 is 37.5. The quantitative estimate of drug-likeness (QED) is 0.848. The zero-order valence-corrected chi connectivity index (χ0v) is 9.34. The molecule has 0 unspecified atom stereocenters. The van der Waals surface area contributed by atoms with E-state index < -0.39 is 17.7 Å². The highest BCUT2D eigenvalue weighted by Crippen LogP contribution is 2.28. The standard InChI is InChI=1S/C10H6BrF3O2/c11-7-3-1-2-6(4-7)5-8(9(15)16)10(12,13)14/h1-5H,(H,15,16)/b8-5+. The van der Waals surface area contributed by atoms with Gasteiger partial charge in [0.1, 0.15) is 5.57 Å². The fraction of sp³-hybridized carbons (Fsp3) is 0.100. The van der Waals surface area contributed by atoms with Gasteiger partial charge in [0.2, 0.25) is 0 Å². The molecule has 86 valence electrons. The summed E-state index contributed by atoms with van der Waals surface area (Å²) in [7, 11) is 0. The molecular formula is C10H6BrF3O2. The molecule has 1 N–H and O–H groups in total.